The molecule has 0 saturated heterocycles. The molecule has 2 aromatic heterocycles. The predicted molar refractivity (Wildman–Crippen MR) is 101 cm³/mol. The lowest BCUT2D eigenvalue weighted by Crippen LogP contribution is -2.38. The SMILES string of the molecule is CN=C(NCCc1c[nH]c2c(C)cccc12)NCc1nnc(C)n1C. The first-order valence-corrected chi connectivity index (χ1v) is 8.45. The molecule has 7 nitrogen and oxygen atoms in total. The average molecular weight is 339 g/mol. The summed E-state index contributed by atoms with van der Waals surface area (Å²) >= 11 is 0. The minimum absolute atomic E-state index is 0.587. The molecule has 0 aliphatic carbocycles. The van der Waals surface area contributed by atoms with E-state index in [-0.39, 0.29) is 0 Å². The maximum absolute atomic E-state index is 4.26. The number of hydrogen-bond acceptors (Lipinski definition) is 3. The highest BCUT2D eigenvalue weighted by molar-refractivity contribution is 5.86. The van der Waals surface area contributed by atoms with Crippen LogP contribution in [-0.2, 0) is 20.0 Å². The molecule has 7 heteroatoms. The van der Waals surface area contributed by atoms with E-state index in [1.807, 2.05) is 18.5 Å². The van der Waals surface area contributed by atoms with Gasteiger partial charge in [0.15, 0.2) is 11.8 Å². The van der Waals surface area contributed by atoms with Gasteiger partial charge in [-0.1, -0.05) is 18.2 Å². The molecular formula is C18H25N7. The molecule has 0 bridgehead atoms. The van der Waals surface area contributed by atoms with Crippen LogP contribution in [0.5, 0.6) is 0 Å². The van der Waals surface area contributed by atoms with Gasteiger partial charge in [-0.15, -0.1) is 10.2 Å². The van der Waals surface area contributed by atoms with Crippen molar-refractivity contribution in [1.29, 1.82) is 0 Å². The third kappa shape index (κ3) is 3.65. The molecule has 0 aliphatic heterocycles. The van der Waals surface area contributed by atoms with Gasteiger partial charge in [0.25, 0.3) is 0 Å². The van der Waals surface area contributed by atoms with Gasteiger partial charge < -0.3 is 20.2 Å². The second-order valence-electron chi connectivity index (χ2n) is 6.14. The van der Waals surface area contributed by atoms with Crippen molar-refractivity contribution >= 4 is 16.9 Å². The Balaban J connectivity index is 1.54. The molecule has 0 radical (unpaired) electrons. The van der Waals surface area contributed by atoms with Gasteiger partial charge >= 0.3 is 0 Å². The average Bonchev–Trinajstić information content (AvgIpc) is 3.17. The zero-order valence-electron chi connectivity index (χ0n) is 15.2. The largest absolute Gasteiger partial charge is 0.361 e. The van der Waals surface area contributed by atoms with Crippen LogP contribution in [0, 0.1) is 13.8 Å². The maximum Gasteiger partial charge on any atom is 0.191 e. The Morgan fingerprint density at radius 1 is 1.24 bits per heavy atom. The van der Waals surface area contributed by atoms with Gasteiger partial charge in [-0.05, 0) is 31.4 Å². The summed E-state index contributed by atoms with van der Waals surface area (Å²) in [7, 11) is 3.73. The van der Waals surface area contributed by atoms with Crippen molar-refractivity contribution in [2.45, 2.75) is 26.8 Å². The zero-order chi connectivity index (χ0) is 17.8. The predicted octanol–water partition coefficient (Wildman–Crippen LogP) is 1.82. The molecule has 3 N–H and O–H groups in total. The van der Waals surface area contributed by atoms with E-state index in [0.717, 1.165) is 30.6 Å². The summed E-state index contributed by atoms with van der Waals surface area (Å²) in [6.45, 7) is 5.45. The van der Waals surface area contributed by atoms with Crippen molar-refractivity contribution in [2.75, 3.05) is 13.6 Å². The Bertz CT molecular complexity index is 888. The third-order valence-electron chi connectivity index (χ3n) is 4.52. The minimum atomic E-state index is 0.587. The molecule has 0 fully saturated rings. The fraction of sp³-hybridized carbons (Fsp3) is 0.389. The molecule has 0 unspecified atom stereocenters. The topological polar surface area (TPSA) is 82.9 Å². The van der Waals surface area contributed by atoms with Gasteiger partial charge in [0.2, 0.25) is 0 Å². The van der Waals surface area contributed by atoms with Crippen LogP contribution in [0.1, 0.15) is 22.8 Å². The zero-order valence-corrected chi connectivity index (χ0v) is 15.2. The normalized spacial score (nSPS) is 11.9. The molecule has 3 aromatic rings. The number of rotatable bonds is 5. The summed E-state index contributed by atoms with van der Waals surface area (Å²) in [6, 6.07) is 6.39. The maximum atomic E-state index is 4.26. The first-order chi connectivity index (χ1) is 12.1. The van der Waals surface area contributed by atoms with E-state index in [4.69, 9.17) is 0 Å². The van der Waals surface area contributed by atoms with E-state index in [9.17, 15) is 0 Å². The van der Waals surface area contributed by atoms with Crippen LogP contribution in [0.4, 0.5) is 0 Å². The summed E-state index contributed by atoms with van der Waals surface area (Å²) in [5, 5.41) is 16.1. The molecule has 0 amide bonds. The van der Waals surface area contributed by atoms with Crippen molar-refractivity contribution in [1.82, 2.24) is 30.4 Å². The van der Waals surface area contributed by atoms with E-state index in [1.165, 1.54) is 22.0 Å². The molecule has 0 aliphatic rings. The Morgan fingerprint density at radius 3 is 2.80 bits per heavy atom. The van der Waals surface area contributed by atoms with Crippen molar-refractivity contribution in [2.24, 2.45) is 12.0 Å². The number of guanidine groups is 1. The standard InChI is InChI=1S/C18H25N7/c1-12-6-5-7-15-14(10-21-17(12)15)8-9-20-18(19-3)22-11-16-24-23-13(2)25(16)4/h5-7,10,21H,8-9,11H2,1-4H3,(H2,19,20,22). The molecule has 0 saturated carbocycles. The van der Waals surface area contributed by atoms with Crippen LogP contribution < -0.4 is 10.6 Å². The lowest BCUT2D eigenvalue weighted by Gasteiger charge is -2.11. The highest BCUT2D eigenvalue weighted by Crippen LogP contribution is 2.21. The Labute approximate surface area is 147 Å². The third-order valence-corrected chi connectivity index (χ3v) is 4.52. The lowest BCUT2D eigenvalue weighted by molar-refractivity contribution is 0.716. The van der Waals surface area contributed by atoms with Crippen molar-refractivity contribution in [3.05, 3.63) is 47.2 Å². The molecule has 25 heavy (non-hydrogen) atoms. The van der Waals surface area contributed by atoms with E-state index in [1.54, 1.807) is 7.05 Å². The molecule has 0 spiro atoms. The van der Waals surface area contributed by atoms with Crippen LogP contribution in [0.15, 0.2) is 29.4 Å². The Hall–Kier alpha value is -2.83. The van der Waals surface area contributed by atoms with Crippen LogP contribution >= 0.6 is 0 Å². The summed E-state index contributed by atoms with van der Waals surface area (Å²) in [6.07, 6.45) is 3.02. The number of para-hydroxylation sites is 1. The van der Waals surface area contributed by atoms with Crippen LogP contribution in [-0.4, -0.2) is 39.3 Å². The fourth-order valence-electron chi connectivity index (χ4n) is 2.87. The number of nitrogens with zero attached hydrogens (tertiary/aromatic N) is 4. The van der Waals surface area contributed by atoms with Crippen molar-refractivity contribution in [3.63, 3.8) is 0 Å². The number of nitrogens with one attached hydrogen (secondary N) is 3. The van der Waals surface area contributed by atoms with E-state index in [2.05, 4.69) is 62.1 Å². The number of hydrogen-bond donors (Lipinski definition) is 3. The molecular weight excluding hydrogens is 314 g/mol. The molecule has 132 valence electrons. The summed E-state index contributed by atoms with van der Waals surface area (Å²) < 4.78 is 1.97. The number of H-pyrrole nitrogens is 1. The number of aryl methyl sites for hydroxylation is 2. The van der Waals surface area contributed by atoms with Gasteiger partial charge in [-0.25, -0.2) is 0 Å². The lowest BCUT2D eigenvalue weighted by atomic mass is 10.1. The van der Waals surface area contributed by atoms with Gasteiger partial charge in [-0.3, -0.25) is 4.99 Å². The van der Waals surface area contributed by atoms with Gasteiger partial charge in [0.05, 0.1) is 6.54 Å². The first-order valence-electron chi connectivity index (χ1n) is 8.45. The summed E-state index contributed by atoms with van der Waals surface area (Å²) in [5.74, 6) is 2.54. The van der Waals surface area contributed by atoms with Gasteiger partial charge in [-0.2, -0.15) is 0 Å². The fourth-order valence-corrected chi connectivity index (χ4v) is 2.87. The smallest absolute Gasteiger partial charge is 0.191 e. The van der Waals surface area contributed by atoms with Gasteiger partial charge in [0.1, 0.15) is 5.82 Å². The monoisotopic (exact) mass is 339 g/mol. The Kier molecular flexibility index (Phi) is 5.02. The highest BCUT2D eigenvalue weighted by Gasteiger charge is 2.07. The van der Waals surface area contributed by atoms with Crippen molar-refractivity contribution < 1.29 is 0 Å². The number of aromatic amines is 1. The molecule has 2 heterocycles. The Morgan fingerprint density at radius 2 is 2.08 bits per heavy atom. The van der Waals surface area contributed by atoms with Crippen molar-refractivity contribution in [3.8, 4) is 0 Å². The molecule has 1 aromatic carbocycles. The summed E-state index contributed by atoms with van der Waals surface area (Å²) in [4.78, 5) is 7.64. The minimum Gasteiger partial charge on any atom is -0.361 e. The first kappa shape index (κ1) is 17.0. The van der Waals surface area contributed by atoms with Crippen LogP contribution in [0.25, 0.3) is 10.9 Å². The van der Waals surface area contributed by atoms with Gasteiger partial charge in [0, 0.05) is 37.7 Å². The number of fused-ring (bicyclic) bond motifs is 1. The van der Waals surface area contributed by atoms with E-state index >= 15 is 0 Å². The second kappa shape index (κ2) is 7.38. The quantitative estimate of drug-likeness (QED) is 0.489. The van der Waals surface area contributed by atoms with Crippen LogP contribution in [0.3, 0.4) is 0 Å². The number of benzene rings is 1. The highest BCUT2D eigenvalue weighted by atomic mass is 15.3. The molecule has 3 rings (SSSR count). The van der Waals surface area contributed by atoms with E-state index < -0.39 is 0 Å². The number of aliphatic imine (C=N–C) groups is 1. The molecule has 0 atom stereocenters. The second-order valence-corrected chi connectivity index (χ2v) is 6.14. The number of aromatic nitrogens is 4. The van der Waals surface area contributed by atoms with Crippen LogP contribution in [0.2, 0.25) is 0 Å². The van der Waals surface area contributed by atoms with E-state index in [0.29, 0.717) is 6.54 Å². The summed E-state index contributed by atoms with van der Waals surface area (Å²) in [5.41, 5.74) is 3.80.